The van der Waals surface area contributed by atoms with Gasteiger partial charge in [-0.2, -0.15) is 0 Å². The molecule has 1 amide bonds. The molecule has 8 nitrogen and oxygen atoms in total. The minimum absolute atomic E-state index is 0.110. The van der Waals surface area contributed by atoms with E-state index in [9.17, 15) is 4.79 Å². The van der Waals surface area contributed by atoms with Crippen molar-refractivity contribution in [3.8, 4) is 0 Å². The Kier molecular flexibility index (Phi) is 9.92. The molecule has 0 aliphatic carbocycles. The number of alkyl carbamates (subject to hydrolysis) is 1. The van der Waals surface area contributed by atoms with E-state index in [4.69, 9.17) is 25.8 Å². The number of ether oxygens (including phenoxy) is 3. The minimum atomic E-state index is -0.605. The Morgan fingerprint density at radius 2 is 1.82 bits per heavy atom. The highest BCUT2D eigenvalue weighted by atomic mass is 35.5. The normalized spacial score (nSPS) is 12.9. The fraction of sp³-hybridized carbons (Fsp3) is 0.737. The second kappa shape index (κ2) is 11.4. The highest BCUT2D eigenvalue weighted by molar-refractivity contribution is 6.28. The number of hydrogen-bond acceptors (Lipinski definition) is 7. The molecule has 0 bridgehead atoms. The van der Waals surface area contributed by atoms with Crippen LogP contribution in [0.5, 0.6) is 0 Å². The third kappa shape index (κ3) is 8.58. The van der Waals surface area contributed by atoms with Crippen molar-refractivity contribution < 1.29 is 19.0 Å². The van der Waals surface area contributed by atoms with Crippen molar-refractivity contribution in [2.75, 3.05) is 25.1 Å². The van der Waals surface area contributed by atoms with Gasteiger partial charge in [0, 0.05) is 26.0 Å². The quantitative estimate of drug-likeness (QED) is 0.436. The molecule has 160 valence electrons. The van der Waals surface area contributed by atoms with Gasteiger partial charge in [-0.3, -0.25) is 0 Å². The fourth-order valence-electron chi connectivity index (χ4n) is 2.33. The van der Waals surface area contributed by atoms with Gasteiger partial charge in [-0.25, -0.2) is 14.8 Å². The zero-order chi connectivity index (χ0) is 21.3. The Hall–Kier alpha value is -1.64. The maximum Gasteiger partial charge on any atom is 0.407 e. The Morgan fingerprint density at radius 1 is 1.21 bits per heavy atom. The highest BCUT2D eigenvalue weighted by Crippen LogP contribution is 2.26. The number of aromatic nitrogens is 2. The molecule has 0 aromatic carbocycles. The number of carbonyl (C=O) groups is 1. The molecule has 1 heterocycles. The van der Waals surface area contributed by atoms with E-state index in [-0.39, 0.29) is 17.2 Å². The number of carbonyl (C=O) groups excluding carboxylic acids is 1. The monoisotopic (exact) mass is 416 g/mol. The van der Waals surface area contributed by atoms with Crippen molar-refractivity contribution in [1.82, 2.24) is 15.3 Å². The standard InChI is InChI=1S/C19H33ClN4O4/c1-8-26-16(27-9-2)13-10-22-17(20)24-15(13)21-11-14(12(3)4)23-18(25)28-19(5,6)7/h10,12,14,16H,8-9,11H2,1-7H3,(H,23,25)(H,21,22,24)/t14-/m1/s1. The Bertz CT molecular complexity index is 616. The van der Waals surface area contributed by atoms with Crippen molar-refractivity contribution in [3.05, 3.63) is 17.0 Å². The maximum atomic E-state index is 12.1. The van der Waals surface area contributed by atoms with Gasteiger partial charge in [0.25, 0.3) is 0 Å². The molecule has 0 aliphatic heterocycles. The van der Waals surface area contributed by atoms with Crippen LogP contribution < -0.4 is 10.6 Å². The average molecular weight is 417 g/mol. The average Bonchev–Trinajstić information content (AvgIpc) is 2.56. The van der Waals surface area contributed by atoms with Crippen molar-refractivity contribution >= 4 is 23.5 Å². The van der Waals surface area contributed by atoms with Gasteiger partial charge in [-0.15, -0.1) is 0 Å². The lowest BCUT2D eigenvalue weighted by Crippen LogP contribution is -2.45. The Balaban J connectivity index is 2.92. The number of rotatable bonds is 10. The summed E-state index contributed by atoms with van der Waals surface area (Å²) in [6.45, 7) is 14.6. The first kappa shape index (κ1) is 24.4. The van der Waals surface area contributed by atoms with Gasteiger partial charge in [0.1, 0.15) is 11.4 Å². The van der Waals surface area contributed by atoms with E-state index in [1.165, 1.54) is 0 Å². The zero-order valence-electron chi connectivity index (χ0n) is 17.8. The largest absolute Gasteiger partial charge is 0.444 e. The molecule has 1 aromatic rings. The number of amides is 1. The second-order valence-corrected chi connectivity index (χ2v) is 7.90. The number of halogens is 1. The molecule has 1 aromatic heterocycles. The molecule has 0 saturated heterocycles. The summed E-state index contributed by atoms with van der Waals surface area (Å²) < 4.78 is 16.6. The summed E-state index contributed by atoms with van der Waals surface area (Å²) in [5.41, 5.74) is 0.0853. The SMILES string of the molecule is CCOC(OCC)c1cnc(Cl)nc1NC[C@@H](NC(=O)OC(C)(C)C)C(C)C. The highest BCUT2D eigenvalue weighted by Gasteiger charge is 2.23. The molecule has 0 radical (unpaired) electrons. The third-order valence-corrected chi connectivity index (χ3v) is 3.86. The molecule has 9 heteroatoms. The van der Waals surface area contributed by atoms with Gasteiger partial charge in [-0.05, 0) is 52.1 Å². The fourth-order valence-corrected chi connectivity index (χ4v) is 2.47. The Morgan fingerprint density at radius 3 is 2.32 bits per heavy atom. The summed E-state index contributed by atoms with van der Waals surface area (Å²) in [4.78, 5) is 20.4. The van der Waals surface area contributed by atoms with E-state index in [1.54, 1.807) is 6.20 Å². The van der Waals surface area contributed by atoms with Crippen LogP contribution in [-0.4, -0.2) is 47.5 Å². The van der Waals surface area contributed by atoms with Crippen LogP contribution in [0.4, 0.5) is 10.6 Å². The molecule has 0 aliphatic rings. The van der Waals surface area contributed by atoms with Crippen molar-refractivity contribution in [2.24, 2.45) is 5.92 Å². The van der Waals surface area contributed by atoms with Crippen LogP contribution in [0.2, 0.25) is 5.28 Å². The summed E-state index contributed by atoms with van der Waals surface area (Å²) in [6, 6.07) is -0.186. The first-order valence-corrected chi connectivity index (χ1v) is 9.94. The van der Waals surface area contributed by atoms with Crippen LogP contribution in [-0.2, 0) is 14.2 Å². The van der Waals surface area contributed by atoms with Gasteiger partial charge in [0.15, 0.2) is 6.29 Å². The summed E-state index contributed by atoms with van der Waals surface area (Å²) >= 11 is 5.98. The number of nitrogens with zero attached hydrogens (tertiary/aromatic N) is 2. The van der Waals surface area contributed by atoms with Gasteiger partial charge in [-0.1, -0.05) is 13.8 Å². The lowest BCUT2D eigenvalue weighted by molar-refractivity contribution is -0.140. The summed E-state index contributed by atoms with van der Waals surface area (Å²) in [5, 5.41) is 6.24. The van der Waals surface area contributed by atoms with E-state index < -0.39 is 18.0 Å². The van der Waals surface area contributed by atoms with E-state index >= 15 is 0 Å². The van der Waals surface area contributed by atoms with Crippen molar-refractivity contribution in [2.45, 2.75) is 66.4 Å². The van der Waals surface area contributed by atoms with Gasteiger partial charge >= 0.3 is 6.09 Å². The second-order valence-electron chi connectivity index (χ2n) is 7.56. The predicted molar refractivity (Wildman–Crippen MR) is 110 cm³/mol. The van der Waals surface area contributed by atoms with E-state index in [1.807, 2.05) is 48.5 Å². The zero-order valence-corrected chi connectivity index (χ0v) is 18.6. The van der Waals surface area contributed by atoms with Crippen molar-refractivity contribution in [1.29, 1.82) is 0 Å². The summed E-state index contributed by atoms with van der Waals surface area (Å²) in [5.74, 6) is 0.666. The van der Waals surface area contributed by atoms with Crippen LogP contribution in [0.1, 0.15) is 60.3 Å². The first-order chi connectivity index (χ1) is 13.1. The molecular weight excluding hydrogens is 384 g/mol. The molecule has 0 spiro atoms. The van der Waals surface area contributed by atoms with Crippen LogP contribution in [0.25, 0.3) is 0 Å². The molecular formula is C19H33ClN4O4. The van der Waals surface area contributed by atoms with Gasteiger partial charge in [0.2, 0.25) is 5.28 Å². The summed E-state index contributed by atoms with van der Waals surface area (Å²) in [6.07, 6.45) is 0.515. The van der Waals surface area contributed by atoms with Crippen LogP contribution in [0, 0.1) is 5.92 Å². The molecule has 1 atom stereocenters. The van der Waals surface area contributed by atoms with E-state index in [0.29, 0.717) is 31.1 Å². The smallest absolute Gasteiger partial charge is 0.407 e. The summed E-state index contributed by atoms with van der Waals surface area (Å²) in [7, 11) is 0. The molecule has 2 N–H and O–H groups in total. The predicted octanol–water partition coefficient (Wildman–Crippen LogP) is 4.16. The van der Waals surface area contributed by atoms with Crippen molar-refractivity contribution in [3.63, 3.8) is 0 Å². The van der Waals surface area contributed by atoms with Crippen LogP contribution in [0.15, 0.2) is 6.20 Å². The number of nitrogens with one attached hydrogen (secondary N) is 2. The number of hydrogen-bond donors (Lipinski definition) is 2. The topological polar surface area (TPSA) is 94.6 Å². The minimum Gasteiger partial charge on any atom is -0.444 e. The van der Waals surface area contributed by atoms with Gasteiger partial charge in [0.05, 0.1) is 11.6 Å². The first-order valence-electron chi connectivity index (χ1n) is 9.56. The molecule has 1 rings (SSSR count). The molecule has 0 saturated carbocycles. The lowest BCUT2D eigenvalue weighted by atomic mass is 10.0. The lowest BCUT2D eigenvalue weighted by Gasteiger charge is -2.27. The van der Waals surface area contributed by atoms with Crippen LogP contribution in [0.3, 0.4) is 0 Å². The van der Waals surface area contributed by atoms with E-state index in [0.717, 1.165) is 0 Å². The molecule has 0 unspecified atom stereocenters. The maximum absolute atomic E-state index is 12.1. The molecule has 0 fully saturated rings. The molecule has 28 heavy (non-hydrogen) atoms. The third-order valence-electron chi connectivity index (χ3n) is 3.67. The number of anilines is 1. The van der Waals surface area contributed by atoms with Gasteiger partial charge < -0.3 is 24.8 Å². The van der Waals surface area contributed by atoms with E-state index in [2.05, 4.69) is 20.6 Å². The Labute approximate surface area is 172 Å². The van der Waals surface area contributed by atoms with Crippen LogP contribution >= 0.6 is 11.6 Å².